The highest BCUT2D eigenvalue weighted by molar-refractivity contribution is 4.99. The second-order valence-corrected chi connectivity index (χ2v) is 13.1. The number of rotatable bonds is 6. The zero-order valence-corrected chi connectivity index (χ0v) is 20.9. The highest BCUT2D eigenvalue weighted by Crippen LogP contribution is 2.56. The molecule has 29 heavy (non-hydrogen) atoms. The van der Waals surface area contributed by atoms with Crippen molar-refractivity contribution in [1.82, 2.24) is 0 Å². The molecule has 0 saturated heterocycles. The zero-order valence-electron chi connectivity index (χ0n) is 20.9. The maximum absolute atomic E-state index is 10.8. The predicted molar refractivity (Wildman–Crippen MR) is 125 cm³/mol. The normalized spacial score (nSPS) is 36.6. The van der Waals surface area contributed by atoms with Crippen molar-refractivity contribution in [3.05, 3.63) is 0 Å². The van der Waals surface area contributed by atoms with Gasteiger partial charge in [0.15, 0.2) is 0 Å². The first-order valence-corrected chi connectivity index (χ1v) is 12.7. The summed E-state index contributed by atoms with van der Waals surface area (Å²) in [6, 6.07) is 0. The van der Waals surface area contributed by atoms with Gasteiger partial charge in [-0.1, -0.05) is 74.7 Å². The SMILES string of the molecule is CCCCCC(C)(C1CCC(O)C(C(C)(C)C)C1)C1CCC(O)C(C(C)(C)C)C1. The summed E-state index contributed by atoms with van der Waals surface area (Å²) in [6.07, 6.45) is 11.6. The minimum absolute atomic E-state index is 0.137. The molecular weight excluding hydrogens is 356 g/mol. The van der Waals surface area contributed by atoms with E-state index < -0.39 is 0 Å². The quantitative estimate of drug-likeness (QED) is 0.455. The summed E-state index contributed by atoms with van der Waals surface area (Å²) in [5, 5.41) is 21.5. The largest absolute Gasteiger partial charge is 0.393 e. The Morgan fingerprint density at radius 2 is 1.07 bits per heavy atom. The van der Waals surface area contributed by atoms with Crippen molar-refractivity contribution in [2.24, 2.45) is 39.9 Å². The molecule has 2 heteroatoms. The van der Waals surface area contributed by atoms with Gasteiger partial charge in [0.1, 0.15) is 0 Å². The molecule has 0 aromatic carbocycles. The summed E-state index contributed by atoms with van der Waals surface area (Å²) in [4.78, 5) is 0. The van der Waals surface area contributed by atoms with Gasteiger partial charge >= 0.3 is 0 Å². The van der Waals surface area contributed by atoms with Crippen LogP contribution in [0.15, 0.2) is 0 Å². The molecule has 0 aromatic rings. The van der Waals surface area contributed by atoms with Crippen LogP contribution in [0, 0.1) is 39.9 Å². The molecular formula is C27H52O2. The molecule has 2 rings (SSSR count). The van der Waals surface area contributed by atoms with E-state index in [0.717, 1.165) is 12.8 Å². The van der Waals surface area contributed by atoms with Crippen molar-refractivity contribution in [2.45, 2.75) is 132 Å². The number of aliphatic hydroxyl groups is 2. The van der Waals surface area contributed by atoms with Gasteiger partial charge in [0.25, 0.3) is 0 Å². The van der Waals surface area contributed by atoms with Crippen molar-refractivity contribution in [2.75, 3.05) is 0 Å². The lowest BCUT2D eigenvalue weighted by Crippen LogP contribution is -2.48. The van der Waals surface area contributed by atoms with Crippen LogP contribution >= 0.6 is 0 Å². The molecule has 0 aromatic heterocycles. The van der Waals surface area contributed by atoms with E-state index in [1.165, 1.54) is 51.4 Å². The molecule has 2 saturated carbocycles. The highest BCUT2D eigenvalue weighted by atomic mass is 16.3. The molecule has 172 valence electrons. The lowest BCUT2D eigenvalue weighted by molar-refractivity contribution is -0.0850. The van der Waals surface area contributed by atoms with Gasteiger partial charge in [-0.15, -0.1) is 0 Å². The Balaban J connectivity index is 2.28. The van der Waals surface area contributed by atoms with E-state index in [0.29, 0.717) is 29.1 Å². The first kappa shape index (κ1) is 25.2. The molecule has 2 fully saturated rings. The summed E-state index contributed by atoms with van der Waals surface area (Å²) >= 11 is 0. The van der Waals surface area contributed by atoms with Gasteiger partial charge in [-0.2, -0.15) is 0 Å². The van der Waals surface area contributed by atoms with Crippen molar-refractivity contribution < 1.29 is 10.2 Å². The molecule has 6 atom stereocenters. The third kappa shape index (κ3) is 6.00. The second kappa shape index (κ2) is 9.60. The Hall–Kier alpha value is -0.0800. The van der Waals surface area contributed by atoms with Gasteiger partial charge < -0.3 is 10.2 Å². The molecule has 0 radical (unpaired) electrons. The summed E-state index contributed by atoms with van der Waals surface area (Å²) in [6.45, 7) is 18.8. The standard InChI is InChI=1S/C27H52O2/c1-9-10-11-16-27(8,19-12-14-23(28)21(17-19)25(2,3)4)20-13-15-24(29)22(18-20)26(5,6)7/h19-24,28-29H,9-18H2,1-8H3. The Bertz CT molecular complexity index is 460. The average molecular weight is 409 g/mol. The molecule has 2 aliphatic carbocycles. The van der Waals surface area contributed by atoms with Gasteiger partial charge in [-0.05, 0) is 84.9 Å². The van der Waals surface area contributed by atoms with Crippen LogP contribution in [0.25, 0.3) is 0 Å². The first-order valence-electron chi connectivity index (χ1n) is 12.7. The fourth-order valence-corrected chi connectivity index (χ4v) is 6.87. The van der Waals surface area contributed by atoms with Gasteiger partial charge in [-0.25, -0.2) is 0 Å². The van der Waals surface area contributed by atoms with E-state index in [2.05, 4.69) is 55.4 Å². The molecule has 2 nitrogen and oxygen atoms in total. The molecule has 2 N–H and O–H groups in total. The van der Waals surface area contributed by atoms with Crippen LogP contribution in [0.2, 0.25) is 0 Å². The van der Waals surface area contributed by atoms with E-state index in [1.54, 1.807) is 0 Å². The Labute approximate surface area is 182 Å². The molecule has 0 amide bonds. The number of aliphatic hydroxyl groups excluding tert-OH is 2. The maximum atomic E-state index is 10.8. The molecule has 0 heterocycles. The fraction of sp³-hybridized carbons (Fsp3) is 1.00. The van der Waals surface area contributed by atoms with Crippen molar-refractivity contribution in [1.29, 1.82) is 0 Å². The van der Waals surface area contributed by atoms with Crippen LogP contribution in [0.3, 0.4) is 0 Å². The third-order valence-electron chi connectivity index (χ3n) is 9.04. The highest BCUT2D eigenvalue weighted by Gasteiger charge is 2.49. The van der Waals surface area contributed by atoms with Crippen LogP contribution in [-0.2, 0) is 0 Å². The van der Waals surface area contributed by atoms with Crippen LogP contribution in [0.4, 0.5) is 0 Å². The van der Waals surface area contributed by atoms with E-state index in [4.69, 9.17) is 0 Å². The maximum Gasteiger partial charge on any atom is 0.0573 e. The molecule has 2 aliphatic rings. The van der Waals surface area contributed by atoms with Crippen LogP contribution in [0.5, 0.6) is 0 Å². The van der Waals surface area contributed by atoms with Crippen LogP contribution < -0.4 is 0 Å². The van der Waals surface area contributed by atoms with Crippen LogP contribution in [-0.4, -0.2) is 22.4 Å². The van der Waals surface area contributed by atoms with Crippen LogP contribution in [0.1, 0.15) is 120 Å². The summed E-state index contributed by atoms with van der Waals surface area (Å²) < 4.78 is 0. The summed E-state index contributed by atoms with van der Waals surface area (Å²) in [5.41, 5.74) is 0.667. The first-order chi connectivity index (χ1) is 13.3. The lowest BCUT2D eigenvalue weighted by Gasteiger charge is -2.54. The Kier molecular flexibility index (Phi) is 8.33. The van der Waals surface area contributed by atoms with E-state index in [-0.39, 0.29) is 23.0 Å². The van der Waals surface area contributed by atoms with Gasteiger partial charge in [0, 0.05) is 0 Å². The fourth-order valence-electron chi connectivity index (χ4n) is 6.87. The smallest absolute Gasteiger partial charge is 0.0573 e. The minimum Gasteiger partial charge on any atom is -0.393 e. The van der Waals surface area contributed by atoms with Gasteiger partial charge in [0.05, 0.1) is 12.2 Å². The lowest BCUT2D eigenvalue weighted by atomic mass is 9.52. The zero-order chi connectivity index (χ0) is 22.0. The minimum atomic E-state index is -0.137. The average Bonchev–Trinajstić information content (AvgIpc) is 2.60. The second-order valence-electron chi connectivity index (χ2n) is 13.1. The van der Waals surface area contributed by atoms with E-state index >= 15 is 0 Å². The summed E-state index contributed by atoms with van der Waals surface area (Å²) in [7, 11) is 0. The third-order valence-corrected chi connectivity index (χ3v) is 9.04. The van der Waals surface area contributed by atoms with Gasteiger partial charge in [-0.3, -0.25) is 0 Å². The van der Waals surface area contributed by atoms with Crippen molar-refractivity contribution in [3.63, 3.8) is 0 Å². The molecule has 0 aliphatic heterocycles. The number of hydrogen-bond donors (Lipinski definition) is 2. The number of unbranched alkanes of at least 4 members (excludes halogenated alkanes) is 2. The number of hydrogen-bond acceptors (Lipinski definition) is 2. The molecule has 0 spiro atoms. The monoisotopic (exact) mass is 408 g/mol. The Morgan fingerprint density at radius 3 is 1.41 bits per heavy atom. The van der Waals surface area contributed by atoms with E-state index in [9.17, 15) is 10.2 Å². The van der Waals surface area contributed by atoms with Crippen molar-refractivity contribution in [3.8, 4) is 0 Å². The Morgan fingerprint density at radius 1 is 0.655 bits per heavy atom. The molecule has 0 bridgehead atoms. The van der Waals surface area contributed by atoms with E-state index in [1.807, 2.05) is 0 Å². The summed E-state index contributed by atoms with van der Waals surface area (Å²) in [5.74, 6) is 2.21. The predicted octanol–water partition coefficient (Wildman–Crippen LogP) is 7.22. The van der Waals surface area contributed by atoms with Crippen molar-refractivity contribution >= 4 is 0 Å². The van der Waals surface area contributed by atoms with Gasteiger partial charge in [0.2, 0.25) is 0 Å². The molecule has 6 unspecified atom stereocenters. The topological polar surface area (TPSA) is 40.5 Å².